The van der Waals surface area contributed by atoms with Crippen LogP contribution in [0.3, 0.4) is 0 Å². The van der Waals surface area contributed by atoms with Crippen LogP contribution in [0.4, 0.5) is 0 Å². The van der Waals surface area contributed by atoms with Gasteiger partial charge in [0.25, 0.3) is 11.5 Å². The summed E-state index contributed by atoms with van der Waals surface area (Å²) in [5, 5.41) is 16.6. The van der Waals surface area contributed by atoms with Gasteiger partial charge >= 0.3 is 5.69 Å². The molecule has 2 heterocycles. The predicted molar refractivity (Wildman–Crippen MR) is 131 cm³/mol. The molecule has 0 aliphatic carbocycles. The summed E-state index contributed by atoms with van der Waals surface area (Å²) in [4.78, 5) is 42.4. The molecule has 0 saturated heterocycles. The first-order valence-corrected chi connectivity index (χ1v) is 11.0. The quantitative estimate of drug-likeness (QED) is 0.393. The van der Waals surface area contributed by atoms with Gasteiger partial charge in [0.1, 0.15) is 12.3 Å². The van der Waals surface area contributed by atoms with Gasteiger partial charge in [0, 0.05) is 39.4 Å². The van der Waals surface area contributed by atoms with E-state index in [1.807, 2.05) is 34.6 Å². The zero-order valence-corrected chi connectivity index (χ0v) is 21.2. The van der Waals surface area contributed by atoms with E-state index in [0.717, 1.165) is 24.4 Å². The average Bonchev–Trinajstić information content (AvgIpc) is 2.87. The van der Waals surface area contributed by atoms with Crippen LogP contribution >= 0.6 is 0 Å². The lowest BCUT2D eigenvalue weighted by Crippen LogP contribution is -2.37. The summed E-state index contributed by atoms with van der Waals surface area (Å²) in [7, 11) is 2.00. The third-order valence-electron chi connectivity index (χ3n) is 3.98. The van der Waals surface area contributed by atoms with Crippen molar-refractivity contribution in [2.24, 2.45) is 0 Å². The molecule has 11 heteroatoms. The van der Waals surface area contributed by atoms with Gasteiger partial charge in [-0.3, -0.25) is 24.1 Å². The topological polar surface area (TPSA) is 156 Å². The van der Waals surface area contributed by atoms with E-state index >= 15 is 0 Å². The number of aromatic amines is 1. The van der Waals surface area contributed by atoms with Crippen molar-refractivity contribution in [3.8, 4) is 0 Å². The largest absolute Gasteiger partial charge is 0.400 e. The number of nitrogens with zero attached hydrogens (tertiary/aromatic N) is 2. The fraction of sp³-hybridized carbons (Fsp3) is 0.565. The molecular formula is C23H40N4O7. The summed E-state index contributed by atoms with van der Waals surface area (Å²) in [5.41, 5.74) is -0.713. The maximum Gasteiger partial charge on any atom is 0.330 e. The summed E-state index contributed by atoms with van der Waals surface area (Å²) in [6.45, 7) is 10.3. The number of aliphatic hydroxyl groups is 2. The van der Waals surface area contributed by atoms with Crippen LogP contribution in [0.2, 0.25) is 0 Å². The Morgan fingerprint density at radius 1 is 1.12 bits per heavy atom. The number of H-pyrrole nitrogens is 1. The molecule has 0 spiro atoms. The molecule has 1 unspecified atom stereocenters. The molecule has 2 rings (SSSR count). The number of pyridine rings is 1. The number of amides is 1. The van der Waals surface area contributed by atoms with E-state index in [1.165, 1.54) is 6.20 Å². The fourth-order valence-corrected chi connectivity index (χ4v) is 2.31. The van der Waals surface area contributed by atoms with Crippen molar-refractivity contribution in [1.29, 1.82) is 0 Å². The van der Waals surface area contributed by atoms with Crippen molar-refractivity contribution in [2.45, 2.75) is 66.5 Å². The number of carbonyl (C=O) groups is 1. The molecule has 34 heavy (non-hydrogen) atoms. The van der Waals surface area contributed by atoms with E-state index in [-0.39, 0.29) is 31.0 Å². The highest BCUT2D eigenvalue weighted by atomic mass is 16.5. The van der Waals surface area contributed by atoms with Crippen LogP contribution in [0, 0.1) is 0 Å². The summed E-state index contributed by atoms with van der Waals surface area (Å²) < 4.78 is 12.4. The molecule has 11 nitrogen and oxygen atoms in total. The average molecular weight is 485 g/mol. The molecule has 0 saturated carbocycles. The second-order valence-electron chi connectivity index (χ2n) is 6.52. The first-order valence-electron chi connectivity index (χ1n) is 11.0. The highest BCUT2D eigenvalue weighted by molar-refractivity contribution is 5.93. The smallest absolute Gasteiger partial charge is 0.330 e. The number of aromatic nitrogens is 3. The van der Waals surface area contributed by atoms with Crippen LogP contribution < -0.4 is 16.6 Å². The SMILES string of the molecule is CC.CCC(COC(C)C)OCn1cc(C(=O)NCc2ccncc2)c(=O)[nH]c1=O.CO.CO. The van der Waals surface area contributed by atoms with Crippen LogP contribution in [0.25, 0.3) is 0 Å². The van der Waals surface area contributed by atoms with Crippen LogP contribution in [0.15, 0.2) is 40.3 Å². The van der Waals surface area contributed by atoms with E-state index in [4.69, 9.17) is 19.7 Å². The number of aliphatic hydroxyl groups excluding tert-OH is 2. The number of hydrogen-bond acceptors (Lipinski definition) is 8. The molecule has 0 bridgehead atoms. The minimum absolute atomic E-state index is 0.0733. The molecule has 0 aromatic carbocycles. The Morgan fingerprint density at radius 3 is 2.24 bits per heavy atom. The van der Waals surface area contributed by atoms with Gasteiger partial charge in [-0.05, 0) is 38.0 Å². The lowest BCUT2D eigenvalue weighted by molar-refractivity contribution is -0.0608. The van der Waals surface area contributed by atoms with Gasteiger partial charge in [-0.15, -0.1) is 0 Å². The Kier molecular flexibility index (Phi) is 20.3. The summed E-state index contributed by atoms with van der Waals surface area (Å²) in [5.74, 6) is -0.581. The molecule has 0 fully saturated rings. The summed E-state index contributed by atoms with van der Waals surface area (Å²) in [6, 6.07) is 3.51. The summed E-state index contributed by atoms with van der Waals surface area (Å²) >= 11 is 0. The zero-order valence-electron chi connectivity index (χ0n) is 21.2. The Hall–Kier alpha value is -2.86. The third kappa shape index (κ3) is 13.0. The molecular weight excluding hydrogens is 444 g/mol. The van der Waals surface area contributed by atoms with Crippen molar-refractivity contribution in [3.63, 3.8) is 0 Å². The maximum atomic E-state index is 12.4. The number of carbonyl (C=O) groups excluding carboxylic acids is 1. The van der Waals surface area contributed by atoms with E-state index in [0.29, 0.717) is 13.0 Å². The monoisotopic (exact) mass is 484 g/mol. The molecule has 0 aliphatic rings. The van der Waals surface area contributed by atoms with Crippen molar-refractivity contribution in [2.75, 3.05) is 20.8 Å². The molecule has 1 atom stereocenters. The van der Waals surface area contributed by atoms with Crippen LogP contribution in [0.5, 0.6) is 0 Å². The van der Waals surface area contributed by atoms with Gasteiger partial charge in [0.15, 0.2) is 0 Å². The van der Waals surface area contributed by atoms with Crippen LogP contribution in [0.1, 0.15) is 57.0 Å². The molecule has 4 N–H and O–H groups in total. The van der Waals surface area contributed by atoms with Gasteiger partial charge in [-0.2, -0.15) is 0 Å². The lowest BCUT2D eigenvalue weighted by atomic mass is 10.2. The van der Waals surface area contributed by atoms with Gasteiger partial charge in [0.2, 0.25) is 0 Å². The first-order chi connectivity index (χ1) is 16.4. The fourth-order valence-electron chi connectivity index (χ4n) is 2.31. The number of rotatable bonds is 10. The predicted octanol–water partition coefficient (Wildman–Crippen LogP) is 1.28. The Bertz CT molecular complexity index is 883. The summed E-state index contributed by atoms with van der Waals surface area (Å²) in [6.07, 6.45) is 5.00. The Morgan fingerprint density at radius 2 is 1.71 bits per heavy atom. The second kappa shape index (κ2) is 20.7. The van der Waals surface area contributed by atoms with Crippen molar-refractivity contribution < 1.29 is 24.5 Å². The minimum Gasteiger partial charge on any atom is -0.400 e. The number of hydrogen-bond donors (Lipinski definition) is 4. The van der Waals surface area contributed by atoms with E-state index in [2.05, 4.69) is 15.3 Å². The van der Waals surface area contributed by atoms with Crippen molar-refractivity contribution >= 4 is 5.91 Å². The van der Waals surface area contributed by atoms with Gasteiger partial charge in [-0.25, -0.2) is 4.79 Å². The molecule has 2 aromatic heterocycles. The van der Waals surface area contributed by atoms with Gasteiger partial charge in [0.05, 0.1) is 18.8 Å². The minimum atomic E-state index is -0.747. The normalized spacial score (nSPS) is 10.5. The highest BCUT2D eigenvalue weighted by Crippen LogP contribution is 2.03. The molecule has 0 radical (unpaired) electrons. The standard InChI is InChI=1S/C19H26N4O5.C2H6.2CH4O/c1-4-15(11-27-13(2)3)28-12-23-10-16(18(25)22-19(23)26)17(24)21-9-14-5-7-20-8-6-14;3*1-2/h5-8,10,13,15H,4,9,11-12H2,1-3H3,(H,21,24)(H,22,25,26);1-2H3;2*2H,1H3. The maximum absolute atomic E-state index is 12.4. The molecule has 194 valence electrons. The molecule has 2 aromatic rings. The second-order valence-corrected chi connectivity index (χ2v) is 6.52. The van der Waals surface area contributed by atoms with Gasteiger partial charge < -0.3 is 25.0 Å². The lowest BCUT2D eigenvalue weighted by Gasteiger charge is -2.18. The highest BCUT2D eigenvalue weighted by Gasteiger charge is 2.14. The Balaban J connectivity index is 0. The van der Waals surface area contributed by atoms with E-state index in [9.17, 15) is 14.4 Å². The van der Waals surface area contributed by atoms with Crippen molar-refractivity contribution in [1.82, 2.24) is 19.9 Å². The van der Waals surface area contributed by atoms with Crippen LogP contribution in [-0.4, -0.2) is 63.7 Å². The number of ether oxygens (including phenoxy) is 2. The first kappa shape index (κ1) is 33.3. The molecule has 0 aliphatic heterocycles. The van der Waals surface area contributed by atoms with E-state index < -0.39 is 17.2 Å². The van der Waals surface area contributed by atoms with Crippen molar-refractivity contribution in [3.05, 3.63) is 62.7 Å². The third-order valence-corrected chi connectivity index (χ3v) is 3.98. The Labute approximate surface area is 200 Å². The van der Waals surface area contributed by atoms with Crippen LogP contribution in [-0.2, 0) is 22.7 Å². The number of nitrogens with one attached hydrogen (secondary N) is 2. The zero-order chi connectivity index (χ0) is 26.5. The van der Waals surface area contributed by atoms with E-state index in [1.54, 1.807) is 24.5 Å². The molecule has 1 amide bonds. The van der Waals surface area contributed by atoms with Gasteiger partial charge in [-0.1, -0.05) is 20.8 Å².